The number of anilines is 2. The van der Waals surface area contributed by atoms with Crippen molar-refractivity contribution in [1.82, 2.24) is 9.97 Å². The molecule has 1 atom stereocenters. The number of methoxy groups -OCH3 is 1. The number of hydrogen-bond acceptors (Lipinski definition) is 6. The molecule has 0 saturated carbocycles. The molecule has 0 aliphatic heterocycles. The van der Waals surface area contributed by atoms with Crippen molar-refractivity contribution < 1.29 is 9.53 Å². The van der Waals surface area contributed by atoms with Gasteiger partial charge in [-0.15, -0.1) is 0 Å². The van der Waals surface area contributed by atoms with E-state index < -0.39 is 6.04 Å². The van der Waals surface area contributed by atoms with Crippen molar-refractivity contribution in [2.24, 2.45) is 5.92 Å². The van der Waals surface area contributed by atoms with Crippen molar-refractivity contribution in [1.29, 1.82) is 0 Å². The zero-order chi connectivity index (χ0) is 13.7. The van der Waals surface area contributed by atoms with Crippen LogP contribution in [0.3, 0.4) is 0 Å². The van der Waals surface area contributed by atoms with Crippen molar-refractivity contribution in [3.8, 4) is 0 Å². The van der Waals surface area contributed by atoms with E-state index in [1.807, 2.05) is 13.8 Å². The molecule has 0 bridgehead atoms. The lowest BCUT2D eigenvalue weighted by molar-refractivity contribution is -0.142. The van der Waals surface area contributed by atoms with Crippen LogP contribution in [0.15, 0.2) is 10.8 Å². The number of aromatic nitrogens is 2. The van der Waals surface area contributed by atoms with Gasteiger partial charge in [0.1, 0.15) is 28.5 Å². The summed E-state index contributed by atoms with van der Waals surface area (Å²) >= 11 is 3.39. The van der Waals surface area contributed by atoms with E-state index in [9.17, 15) is 4.79 Å². The van der Waals surface area contributed by atoms with E-state index in [0.29, 0.717) is 16.1 Å². The number of esters is 1. The highest BCUT2D eigenvalue weighted by atomic mass is 79.9. The van der Waals surface area contributed by atoms with Crippen LogP contribution in [0.1, 0.15) is 13.8 Å². The molecule has 1 aromatic rings. The summed E-state index contributed by atoms with van der Waals surface area (Å²) in [4.78, 5) is 19.8. The summed E-state index contributed by atoms with van der Waals surface area (Å²) in [6.45, 7) is 3.87. The minimum Gasteiger partial charge on any atom is -0.467 e. The molecule has 6 nitrogen and oxygen atoms in total. The summed E-state index contributed by atoms with van der Waals surface area (Å²) in [5.74, 6) is 0.970. The second-order valence-corrected chi connectivity index (χ2v) is 4.82. The lowest BCUT2D eigenvalue weighted by atomic mass is 10.0. The predicted octanol–water partition coefficient (Wildman–Crippen LogP) is 1.89. The van der Waals surface area contributed by atoms with Crippen LogP contribution in [-0.2, 0) is 9.53 Å². The van der Waals surface area contributed by atoms with Crippen LogP contribution in [0.25, 0.3) is 0 Å². The molecule has 0 spiro atoms. The first kappa shape index (κ1) is 14.7. The summed E-state index contributed by atoms with van der Waals surface area (Å²) in [5.41, 5.74) is 0. The number of nitrogens with zero attached hydrogens (tertiary/aromatic N) is 2. The Labute approximate surface area is 115 Å². The SMILES string of the molecule is CNc1ncnc(NC(C(=O)OC)C(C)C)c1Br. The van der Waals surface area contributed by atoms with Crippen molar-refractivity contribution in [3.63, 3.8) is 0 Å². The van der Waals surface area contributed by atoms with Crippen molar-refractivity contribution in [2.45, 2.75) is 19.9 Å². The van der Waals surface area contributed by atoms with Gasteiger partial charge in [-0.05, 0) is 21.8 Å². The van der Waals surface area contributed by atoms with Crippen molar-refractivity contribution in [2.75, 3.05) is 24.8 Å². The van der Waals surface area contributed by atoms with Gasteiger partial charge in [-0.1, -0.05) is 13.8 Å². The quantitative estimate of drug-likeness (QED) is 0.808. The molecule has 0 radical (unpaired) electrons. The second-order valence-electron chi connectivity index (χ2n) is 4.02. The number of hydrogen-bond donors (Lipinski definition) is 2. The summed E-state index contributed by atoms with van der Waals surface area (Å²) in [6.07, 6.45) is 1.42. The molecule has 7 heteroatoms. The maximum atomic E-state index is 11.7. The Balaban J connectivity index is 2.97. The fourth-order valence-electron chi connectivity index (χ4n) is 1.42. The van der Waals surface area contributed by atoms with Gasteiger partial charge in [-0.2, -0.15) is 0 Å². The molecule has 1 rings (SSSR count). The van der Waals surface area contributed by atoms with Gasteiger partial charge in [-0.25, -0.2) is 14.8 Å². The molecule has 2 N–H and O–H groups in total. The number of rotatable bonds is 5. The molecule has 0 amide bonds. The van der Waals surface area contributed by atoms with E-state index in [-0.39, 0.29) is 11.9 Å². The Kier molecular flexibility index (Phi) is 5.33. The Hall–Kier alpha value is -1.37. The average molecular weight is 317 g/mol. The summed E-state index contributed by atoms with van der Waals surface area (Å²) in [7, 11) is 3.13. The highest BCUT2D eigenvalue weighted by molar-refractivity contribution is 9.10. The number of nitrogens with one attached hydrogen (secondary N) is 2. The minimum atomic E-state index is -0.453. The molecule has 0 fully saturated rings. The first-order valence-electron chi connectivity index (χ1n) is 5.53. The zero-order valence-corrected chi connectivity index (χ0v) is 12.4. The highest BCUT2D eigenvalue weighted by Crippen LogP contribution is 2.27. The van der Waals surface area contributed by atoms with E-state index in [2.05, 4.69) is 36.5 Å². The highest BCUT2D eigenvalue weighted by Gasteiger charge is 2.24. The normalized spacial score (nSPS) is 12.1. The number of halogens is 1. The van der Waals surface area contributed by atoms with E-state index in [0.717, 1.165) is 0 Å². The molecule has 1 unspecified atom stereocenters. The van der Waals surface area contributed by atoms with Gasteiger partial charge < -0.3 is 15.4 Å². The summed E-state index contributed by atoms with van der Waals surface area (Å²) in [5, 5.41) is 5.99. The number of carbonyl (C=O) groups is 1. The third-order valence-corrected chi connectivity index (χ3v) is 3.19. The second kappa shape index (κ2) is 6.53. The maximum Gasteiger partial charge on any atom is 0.328 e. The third-order valence-electron chi connectivity index (χ3n) is 2.44. The van der Waals surface area contributed by atoms with Crippen LogP contribution in [0.2, 0.25) is 0 Å². The summed E-state index contributed by atoms with van der Waals surface area (Å²) < 4.78 is 5.45. The minimum absolute atomic E-state index is 0.0809. The third kappa shape index (κ3) is 3.32. The van der Waals surface area contributed by atoms with Crippen LogP contribution >= 0.6 is 15.9 Å². The Bertz CT molecular complexity index is 426. The fourth-order valence-corrected chi connectivity index (χ4v) is 1.93. The number of ether oxygens (including phenoxy) is 1. The van der Waals surface area contributed by atoms with Gasteiger partial charge >= 0.3 is 5.97 Å². The van der Waals surface area contributed by atoms with Gasteiger partial charge in [0.15, 0.2) is 0 Å². The van der Waals surface area contributed by atoms with Gasteiger partial charge in [-0.3, -0.25) is 0 Å². The molecular weight excluding hydrogens is 300 g/mol. The monoisotopic (exact) mass is 316 g/mol. The lowest BCUT2D eigenvalue weighted by Crippen LogP contribution is -2.36. The topological polar surface area (TPSA) is 76.1 Å². The standard InChI is InChI=1S/C11H17BrN4O2/c1-6(2)8(11(17)18-4)16-10-7(12)9(13-3)14-5-15-10/h5-6,8H,1-4H3,(H2,13,14,15,16). The van der Waals surface area contributed by atoms with Crippen LogP contribution in [0.4, 0.5) is 11.6 Å². The molecular formula is C11H17BrN4O2. The van der Waals surface area contributed by atoms with E-state index in [1.54, 1.807) is 7.05 Å². The van der Waals surface area contributed by atoms with E-state index in [4.69, 9.17) is 4.74 Å². The maximum absolute atomic E-state index is 11.7. The fraction of sp³-hybridized carbons (Fsp3) is 0.545. The molecule has 0 saturated heterocycles. The van der Waals surface area contributed by atoms with Gasteiger partial charge in [0.05, 0.1) is 7.11 Å². The van der Waals surface area contributed by atoms with Gasteiger partial charge in [0.25, 0.3) is 0 Å². The Morgan fingerprint density at radius 2 is 2.00 bits per heavy atom. The smallest absolute Gasteiger partial charge is 0.328 e. The number of carbonyl (C=O) groups excluding carboxylic acids is 1. The van der Waals surface area contributed by atoms with Gasteiger partial charge in [0, 0.05) is 7.05 Å². The zero-order valence-electron chi connectivity index (χ0n) is 10.8. The molecule has 0 aliphatic rings. The van der Waals surface area contributed by atoms with Gasteiger partial charge in [0.2, 0.25) is 0 Å². The van der Waals surface area contributed by atoms with E-state index >= 15 is 0 Å². The molecule has 0 aliphatic carbocycles. The first-order valence-corrected chi connectivity index (χ1v) is 6.33. The van der Waals surface area contributed by atoms with Crippen LogP contribution in [0, 0.1) is 5.92 Å². The largest absolute Gasteiger partial charge is 0.467 e. The lowest BCUT2D eigenvalue weighted by Gasteiger charge is -2.21. The molecule has 1 aromatic heterocycles. The Morgan fingerprint density at radius 3 is 2.50 bits per heavy atom. The Morgan fingerprint density at radius 1 is 1.39 bits per heavy atom. The van der Waals surface area contributed by atoms with E-state index in [1.165, 1.54) is 13.4 Å². The first-order chi connectivity index (χ1) is 8.51. The average Bonchev–Trinajstić information content (AvgIpc) is 2.36. The van der Waals surface area contributed by atoms with Crippen LogP contribution in [0.5, 0.6) is 0 Å². The van der Waals surface area contributed by atoms with Crippen LogP contribution < -0.4 is 10.6 Å². The predicted molar refractivity (Wildman–Crippen MR) is 73.5 cm³/mol. The van der Waals surface area contributed by atoms with Crippen molar-refractivity contribution >= 4 is 33.5 Å². The molecule has 100 valence electrons. The van der Waals surface area contributed by atoms with Crippen molar-refractivity contribution in [3.05, 3.63) is 10.8 Å². The molecule has 18 heavy (non-hydrogen) atoms. The summed E-state index contributed by atoms with van der Waals surface area (Å²) in [6, 6.07) is -0.453. The molecule has 1 heterocycles. The van der Waals surface area contributed by atoms with Crippen LogP contribution in [-0.4, -0.2) is 36.1 Å². The molecule has 0 aromatic carbocycles.